The fourth-order valence-corrected chi connectivity index (χ4v) is 5.46. The van der Waals surface area contributed by atoms with Crippen LogP contribution < -0.4 is 0 Å². The Balaban J connectivity index is 1.68. The maximum Gasteiger partial charge on any atom is 0.259 e. The van der Waals surface area contributed by atoms with Gasteiger partial charge < -0.3 is 9.05 Å². The van der Waals surface area contributed by atoms with E-state index >= 15 is 0 Å². The number of nitrogens with zero attached hydrogens (tertiary/aromatic N) is 1. The van der Waals surface area contributed by atoms with Crippen molar-refractivity contribution in [1.82, 2.24) is 4.67 Å². The van der Waals surface area contributed by atoms with Crippen LogP contribution in [0.2, 0.25) is 0 Å². The van der Waals surface area contributed by atoms with Crippen LogP contribution in [-0.4, -0.2) is 30.0 Å². The first-order valence-electron chi connectivity index (χ1n) is 7.79. The summed E-state index contributed by atoms with van der Waals surface area (Å²) in [4.78, 5) is 0. The van der Waals surface area contributed by atoms with Gasteiger partial charge in [0.25, 0.3) is 8.53 Å². The Bertz CT molecular complexity index is 228. The largest absolute Gasteiger partial charge is 0.319 e. The van der Waals surface area contributed by atoms with Crippen molar-refractivity contribution in [2.24, 2.45) is 0 Å². The van der Waals surface area contributed by atoms with Crippen LogP contribution in [0.5, 0.6) is 0 Å². The smallest absolute Gasteiger partial charge is 0.259 e. The van der Waals surface area contributed by atoms with Gasteiger partial charge in [-0.1, -0.05) is 38.5 Å². The molecule has 18 heavy (non-hydrogen) atoms. The van der Waals surface area contributed by atoms with Gasteiger partial charge in [-0.05, 0) is 25.7 Å². The van der Waals surface area contributed by atoms with E-state index < -0.39 is 8.53 Å². The van der Waals surface area contributed by atoms with Crippen molar-refractivity contribution in [2.45, 2.75) is 76.3 Å². The predicted molar refractivity (Wildman–Crippen MR) is 74.4 cm³/mol. The summed E-state index contributed by atoms with van der Waals surface area (Å²) in [6.07, 6.45) is 13.9. The second-order valence-electron chi connectivity index (χ2n) is 5.87. The topological polar surface area (TPSA) is 21.7 Å². The summed E-state index contributed by atoms with van der Waals surface area (Å²) in [5.41, 5.74) is 0. The van der Waals surface area contributed by atoms with E-state index in [0.29, 0.717) is 0 Å². The molecule has 1 heterocycles. The fourth-order valence-electron chi connectivity index (χ4n) is 3.66. The molecule has 0 spiro atoms. The first-order chi connectivity index (χ1) is 8.95. The van der Waals surface area contributed by atoms with Crippen LogP contribution in [0.25, 0.3) is 0 Å². The van der Waals surface area contributed by atoms with Crippen molar-refractivity contribution >= 4 is 8.53 Å². The standard InChI is InChI=1S/C14H26NO2P/c1-3-7-13(8-4-1)15(18-16-11-12-17-18)14-9-5-2-6-10-14/h13-14H,1-12H2. The number of hydrogen-bond donors (Lipinski definition) is 0. The minimum Gasteiger partial charge on any atom is -0.319 e. The molecule has 0 bridgehead atoms. The molecule has 0 N–H and O–H groups in total. The predicted octanol–water partition coefficient (Wildman–Crippen LogP) is 4.23. The second kappa shape index (κ2) is 6.65. The summed E-state index contributed by atoms with van der Waals surface area (Å²) in [6.45, 7) is 1.61. The van der Waals surface area contributed by atoms with Crippen molar-refractivity contribution in [3.63, 3.8) is 0 Å². The van der Waals surface area contributed by atoms with Gasteiger partial charge in [0.1, 0.15) is 0 Å². The maximum atomic E-state index is 5.89. The van der Waals surface area contributed by atoms with Gasteiger partial charge in [0.2, 0.25) is 0 Å². The van der Waals surface area contributed by atoms with E-state index in [1.165, 1.54) is 64.2 Å². The van der Waals surface area contributed by atoms with Crippen LogP contribution in [0.1, 0.15) is 64.2 Å². The maximum absolute atomic E-state index is 5.89. The zero-order valence-corrected chi connectivity index (χ0v) is 12.2. The third kappa shape index (κ3) is 3.07. The van der Waals surface area contributed by atoms with E-state index in [9.17, 15) is 0 Å². The Morgan fingerprint density at radius 2 is 1.11 bits per heavy atom. The van der Waals surface area contributed by atoms with Gasteiger partial charge in [0, 0.05) is 12.1 Å². The first-order valence-corrected chi connectivity index (χ1v) is 8.92. The molecular weight excluding hydrogens is 245 g/mol. The lowest BCUT2D eigenvalue weighted by molar-refractivity contribution is 0.148. The Hall–Kier alpha value is 0.310. The molecule has 0 unspecified atom stereocenters. The highest BCUT2D eigenvalue weighted by Gasteiger charge is 2.37. The average molecular weight is 271 g/mol. The molecule has 1 saturated heterocycles. The fraction of sp³-hybridized carbons (Fsp3) is 1.00. The monoisotopic (exact) mass is 271 g/mol. The molecule has 3 fully saturated rings. The Morgan fingerprint density at radius 3 is 1.56 bits per heavy atom. The van der Waals surface area contributed by atoms with Crippen LogP contribution in [0.4, 0.5) is 0 Å². The third-order valence-corrected chi connectivity index (χ3v) is 6.41. The molecule has 0 radical (unpaired) electrons. The SMILES string of the molecule is C1CCC(N(C2CCCCC2)P2OCCO2)CC1. The molecule has 1 aliphatic heterocycles. The van der Waals surface area contributed by atoms with Crippen molar-refractivity contribution in [2.75, 3.05) is 13.2 Å². The van der Waals surface area contributed by atoms with Crippen LogP contribution >= 0.6 is 8.53 Å². The average Bonchev–Trinajstić information content (AvgIpc) is 2.95. The molecule has 3 aliphatic rings. The van der Waals surface area contributed by atoms with Gasteiger partial charge in [0.15, 0.2) is 0 Å². The lowest BCUT2D eigenvalue weighted by Crippen LogP contribution is -2.41. The second-order valence-corrected chi connectivity index (χ2v) is 7.32. The highest BCUT2D eigenvalue weighted by Crippen LogP contribution is 2.52. The molecule has 3 rings (SSSR count). The van der Waals surface area contributed by atoms with Crippen LogP contribution in [0, 0.1) is 0 Å². The van der Waals surface area contributed by atoms with Crippen molar-refractivity contribution in [3.8, 4) is 0 Å². The van der Waals surface area contributed by atoms with Gasteiger partial charge in [0.05, 0.1) is 13.2 Å². The van der Waals surface area contributed by atoms with Crippen molar-refractivity contribution in [3.05, 3.63) is 0 Å². The minimum atomic E-state index is -0.721. The Labute approximate surface area is 112 Å². The van der Waals surface area contributed by atoms with Gasteiger partial charge in [-0.3, -0.25) is 0 Å². The minimum absolute atomic E-state index is 0.721. The highest BCUT2D eigenvalue weighted by atomic mass is 31.2. The summed E-state index contributed by atoms with van der Waals surface area (Å²) in [5.74, 6) is 0. The molecular formula is C14H26NO2P. The molecule has 0 atom stereocenters. The summed E-state index contributed by atoms with van der Waals surface area (Å²) < 4.78 is 14.5. The molecule has 3 nitrogen and oxygen atoms in total. The quantitative estimate of drug-likeness (QED) is 0.717. The van der Waals surface area contributed by atoms with Crippen LogP contribution in [0.15, 0.2) is 0 Å². The number of hydrogen-bond acceptors (Lipinski definition) is 3. The van der Waals surface area contributed by atoms with Gasteiger partial charge in [-0.2, -0.15) is 0 Å². The summed E-state index contributed by atoms with van der Waals surface area (Å²) in [5, 5.41) is 0. The Morgan fingerprint density at radius 1 is 0.667 bits per heavy atom. The van der Waals surface area contributed by atoms with Crippen LogP contribution in [-0.2, 0) is 9.05 Å². The van der Waals surface area contributed by atoms with E-state index in [-0.39, 0.29) is 0 Å². The van der Waals surface area contributed by atoms with Crippen molar-refractivity contribution in [1.29, 1.82) is 0 Å². The molecule has 2 saturated carbocycles. The summed E-state index contributed by atoms with van der Waals surface area (Å²) in [6, 6.07) is 1.48. The zero-order chi connectivity index (χ0) is 12.2. The molecule has 0 aromatic rings. The van der Waals surface area contributed by atoms with E-state index in [2.05, 4.69) is 4.67 Å². The molecule has 2 aliphatic carbocycles. The first kappa shape index (κ1) is 13.3. The summed E-state index contributed by atoms with van der Waals surface area (Å²) in [7, 11) is -0.721. The lowest BCUT2D eigenvalue weighted by Gasteiger charge is -2.42. The molecule has 0 aromatic carbocycles. The van der Waals surface area contributed by atoms with Gasteiger partial charge in [-0.15, -0.1) is 0 Å². The zero-order valence-electron chi connectivity index (χ0n) is 11.4. The normalized spacial score (nSPS) is 29.2. The third-order valence-electron chi connectivity index (χ3n) is 4.57. The molecule has 0 aromatic heterocycles. The Kier molecular flexibility index (Phi) is 4.92. The highest BCUT2D eigenvalue weighted by molar-refractivity contribution is 7.44. The molecule has 4 heteroatoms. The van der Waals surface area contributed by atoms with Crippen LogP contribution in [0.3, 0.4) is 0 Å². The summed E-state index contributed by atoms with van der Waals surface area (Å²) >= 11 is 0. The molecule has 0 amide bonds. The van der Waals surface area contributed by atoms with E-state index in [1.54, 1.807) is 0 Å². The lowest BCUT2D eigenvalue weighted by atomic mass is 9.91. The van der Waals surface area contributed by atoms with E-state index in [1.807, 2.05) is 0 Å². The van der Waals surface area contributed by atoms with E-state index in [4.69, 9.17) is 9.05 Å². The van der Waals surface area contributed by atoms with E-state index in [0.717, 1.165) is 25.3 Å². The number of rotatable bonds is 3. The van der Waals surface area contributed by atoms with Crippen molar-refractivity contribution < 1.29 is 9.05 Å². The van der Waals surface area contributed by atoms with Gasteiger partial charge in [-0.25, -0.2) is 4.67 Å². The van der Waals surface area contributed by atoms with Gasteiger partial charge >= 0.3 is 0 Å². The molecule has 104 valence electrons.